The quantitative estimate of drug-likeness (QED) is 0.423. The molecule has 3 rings (SSSR count). The lowest BCUT2D eigenvalue weighted by Gasteiger charge is -2.14. The van der Waals surface area contributed by atoms with Gasteiger partial charge in [-0.2, -0.15) is 0 Å². The first-order valence-corrected chi connectivity index (χ1v) is 10.0. The third kappa shape index (κ3) is 5.71. The van der Waals surface area contributed by atoms with Crippen LogP contribution in [0.5, 0.6) is 11.5 Å². The molecule has 0 saturated heterocycles. The maximum Gasteiger partial charge on any atom is 0.255 e. The van der Waals surface area contributed by atoms with Crippen LogP contribution < -0.4 is 14.8 Å². The Bertz CT molecular complexity index is 1030. The molecule has 7 heteroatoms. The lowest BCUT2D eigenvalue weighted by Crippen LogP contribution is -2.14. The van der Waals surface area contributed by atoms with Crippen molar-refractivity contribution in [3.63, 3.8) is 0 Å². The van der Waals surface area contributed by atoms with Gasteiger partial charge in [0.05, 0.1) is 12.3 Å². The van der Waals surface area contributed by atoms with Gasteiger partial charge in [0.1, 0.15) is 23.9 Å². The Morgan fingerprint density at radius 2 is 1.93 bits per heavy atom. The molecule has 0 fully saturated rings. The molecule has 0 radical (unpaired) electrons. The third-order valence-corrected chi connectivity index (χ3v) is 4.72. The molecule has 0 aromatic heterocycles. The van der Waals surface area contributed by atoms with Gasteiger partial charge in [0.25, 0.3) is 5.91 Å². The van der Waals surface area contributed by atoms with Crippen LogP contribution in [0.3, 0.4) is 0 Å². The first-order chi connectivity index (χ1) is 14.0. The Morgan fingerprint density at radius 1 is 1.10 bits per heavy atom. The van der Waals surface area contributed by atoms with E-state index < -0.39 is 11.7 Å². The molecular weight excluding hydrogens is 461 g/mol. The van der Waals surface area contributed by atoms with E-state index in [-0.39, 0.29) is 12.3 Å². The Kier molecular flexibility index (Phi) is 7.12. The van der Waals surface area contributed by atoms with Gasteiger partial charge < -0.3 is 14.8 Å². The van der Waals surface area contributed by atoms with E-state index in [1.54, 1.807) is 48.5 Å². The van der Waals surface area contributed by atoms with Crippen molar-refractivity contribution in [2.24, 2.45) is 0 Å². The molecule has 0 aliphatic rings. The van der Waals surface area contributed by atoms with E-state index in [0.29, 0.717) is 38.7 Å². The summed E-state index contributed by atoms with van der Waals surface area (Å²) in [6.45, 7) is 2.53. The van der Waals surface area contributed by atoms with Crippen LogP contribution in [0.15, 0.2) is 65.1 Å². The number of carbonyl (C=O) groups is 1. The van der Waals surface area contributed by atoms with E-state index in [1.165, 1.54) is 12.1 Å². The molecule has 0 atom stereocenters. The molecule has 1 amide bonds. The first-order valence-electron chi connectivity index (χ1n) is 8.86. The zero-order valence-corrected chi connectivity index (χ0v) is 17.9. The number of nitrogens with one attached hydrogen (secondary N) is 1. The third-order valence-electron chi connectivity index (χ3n) is 3.99. The Hall–Kier alpha value is -2.57. The Balaban J connectivity index is 1.80. The normalized spacial score (nSPS) is 10.5. The van der Waals surface area contributed by atoms with Gasteiger partial charge in [0, 0.05) is 20.6 Å². The molecule has 0 aliphatic carbocycles. The second-order valence-electron chi connectivity index (χ2n) is 6.08. The van der Waals surface area contributed by atoms with Gasteiger partial charge in [-0.1, -0.05) is 33.6 Å². The van der Waals surface area contributed by atoms with Crippen molar-refractivity contribution in [2.45, 2.75) is 13.5 Å². The summed E-state index contributed by atoms with van der Waals surface area (Å²) in [6.07, 6.45) is 0. The van der Waals surface area contributed by atoms with Gasteiger partial charge in [-0.3, -0.25) is 4.79 Å². The minimum Gasteiger partial charge on any atom is -0.493 e. The van der Waals surface area contributed by atoms with Crippen LogP contribution in [-0.2, 0) is 6.61 Å². The fourth-order valence-corrected chi connectivity index (χ4v) is 3.15. The van der Waals surface area contributed by atoms with Crippen LogP contribution >= 0.6 is 27.5 Å². The van der Waals surface area contributed by atoms with Crippen LogP contribution in [0.2, 0.25) is 5.02 Å². The van der Waals surface area contributed by atoms with Crippen LogP contribution in [0.4, 0.5) is 10.1 Å². The second kappa shape index (κ2) is 9.76. The van der Waals surface area contributed by atoms with Gasteiger partial charge in [-0.25, -0.2) is 4.39 Å². The summed E-state index contributed by atoms with van der Waals surface area (Å²) in [5.41, 5.74) is 1.15. The number of amides is 1. The SMILES string of the molecule is CCOc1ccc(C(=O)Nc2ccc(Br)cc2F)cc1COc1cccc(Cl)c1. The molecule has 1 N–H and O–H groups in total. The van der Waals surface area contributed by atoms with Gasteiger partial charge in [0.15, 0.2) is 0 Å². The van der Waals surface area contributed by atoms with Crippen LogP contribution in [0, 0.1) is 5.82 Å². The van der Waals surface area contributed by atoms with E-state index in [9.17, 15) is 9.18 Å². The van der Waals surface area contributed by atoms with Crippen LogP contribution in [0.1, 0.15) is 22.8 Å². The number of ether oxygens (including phenoxy) is 2. The number of benzene rings is 3. The number of carbonyl (C=O) groups excluding carboxylic acids is 1. The molecular formula is C22H18BrClFNO3. The van der Waals surface area contributed by atoms with Crippen molar-refractivity contribution in [3.8, 4) is 11.5 Å². The zero-order chi connectivity index (χ0) is 20.8. The van der Waals surface area contributed by atoms with Crippen LogP contribution in [0.25, 0.3) is 0 Å². The van der Waals surface area contributed by atoms with Gasteiger partial charge in [-0.05, 0) is 61.5 Å². The predicted molar refractivity (Wildman–Crippen MR) is 115 cm³/mol. The number of anilines is 1. The second-order valence-corrected chi connectivity index (χ2v) is 7.43. The average Bonchev–Trinajstić information content (AvgIpc) is 2.69. The van der Waals surface area contributed by atoms with Gasteiger partial charge in [-0.15, -0.1) is 0 Å². The summed E-state index contributed by atoms with van der Waals surface area (Å²) in [4.78, 5) is 12.6. The highest BCUT2D eigenvalue weighted by atomic mass is 79.9. The van der Waals surface area contributed by atoms with Crippen molar-refractivity contribution < 1.29 is 18.7 Å². The smallest absolute Gasteiger partial charge is 0.255 e. The highest BCUT2D eigenvalue weighted by Gasteiger charge is 2.13. The highest BCUT2D eigenvalue weighted by Crippen LogP contribution is 2.25. The molecule has 0 heterocycles. The van der Waals surface area contributed by atoms with E-state index in [4.69, 9.17) is 21.1 Å². The minimum atomic E-state index is -0.525. The number of rotatable bonds is 7. The lowest BCUT2D eigenvalue weighted by molar-refractivity contribution is 0.102. The predicted octanol–water partition coefficient (Wildman–Crippen LogP) is 6.47. The molecule has 0 saturated carbocycles. The topological polar surface area (TPSA) is 47.6 Å². The molecule has 0 spiro atoms. The van der Waals surface area contributed by atoms with Gasteiger partial charge in [0.2, 0.25) is 0 Å². The van der Waals surface area contributed by atoms with E-state index >= 15 is 0 Å². The summed E-state index contributed by atoms with van der Waals surface area (Å²) in [7, 11) is 0. The molecule has 150 valence electrons. The minimum absolute atomic E-state index is 0.101. The molecule has 0 unspecified atom stereocenters. The first kappa shape index (κ1) is 21.1. The Morgan fingerprint density at radius 3 is 2.66 bits per heavy atom. The highest BCUT2D eigenvalue weighted by molar-refractivity contribution is 9.10. The lowest BCUT2D eigenvalue weighted by atomic mass is 10.1. The summed E-state index contributed by atoms with van der Waals surface area (Å²) in [5.74, 6) is 0.258. The standard InChI is InChI=1S/C22H18BrClFNO3/c1-2-28-21-9-6-14(22(27)26-20-8-7-16(23)11-19(20)25)10-15(21)13-29-18-5-3-4-17(24)12-18/h3-12H,2,13H2,1H3,(H,26,27). The number of halogens is 3. The van der Waals surface area contributed by atoms with Crippen LogP contribution in [-0.4, -0.2) is 12.5 Å². The maximum atomic E-state index is 14.0. The fourth-order valence-electron chi connectivity index (χ4n) is 2.63. The summed E-state index contributed by atoms with van der Waals surface area (Å²) >= 11 is 9.17. The number of hydrogen-bond acceptors (Lipinski definition) is 3. The molecule has 3 aromatic rings. The number of hydrogen-bond donors (Lipinski definition) is 1. The van der Waals surface area contributed by atoms with E-state index in [0.717, 1.165) is 0 Å². The molecule has 4 nitrogen and oxygen atoms in total. The van der Waals surface area contributed by atoms with Crippen molar-refractivity contribution in [1.29, 1.82) is 0 Å². The monoisotopic (exact) mass is 477 g/mol. The molecule has 0 aliphatic heterocycles. The van der Waals surface area contributed by atoms with Crippen molar-refractivity contribution in [3.05, 3.63) is 87.1 Å². The largest absolute Gasteiger partial charge is 0.493 e. The van der Waals surface area contributed by atoms with Gasteiger partial charge >= 0.3 is 0 Å². The molecule has 0 bridgehead atoms. The molecule has 3 aromatic carbocycles. The average molecular weight is 479 g/mol. The fraction of sp³-hybridized carbons (Fsp3) is 0.136. The maximum absolute atomic E-state index is 14.0. The summed E-state index contributed by atoms with van der Waals surface area (Å²) in [5, 5.41) is 3.15. The van der Waals surface area contributed by atoms with Crippen molar-refractivity contribution >= 4 is 39.1 Å². The van der Waals surface area contributed by atoms with Crippen molar-refractivity contribution in [1.82, 2.24) is 0 Å². The summed E-state index contributed by atoms with van der Waals surface area (Å²) < 4.78 is 26.0. The van der Waals surface area contributed by atoms with Crippen molar-refractivity contribution in [2.75, 3.05) is 11.9 Å². The Labute approximate surface area is 181 Å². The van der Waals surface area contributed by atoms with E-state index in [2.05, 4.69) is 21.2 Å². The molecule has 29 heavy (non-hydrogen) atoms. The van der Waals surface area contributed by atoms with E-state index in [1.807, 2.05) is 6.92 Å². The zero-order valence-electron chi connectivity index (χ0n) is 15.5. The summed E-state index contributed by atoms with van der Waals surface area (Å²) in [6, 6.07) is 16.5.